The van der Waals surface area contributed by atoms with Crippen LogP contribution < -0.4 is 4.90 Å². The van der Waals surface area contributed by atoms with Crippen LogP contribution in [0.1, 0.15) is 48.8 Å². The summed E-state index contributed by atoms with van der Waals surface area (Å²) in [6, 6.07) is 16.6. The molecule has 0 spiro atoms. The smallest absolute Gasteiger partial charge is 0.259 e. The molecule has 2 aliphatic rings. The molecule has 0 saturated heterocycles. The third-order valence-corrected chi connectivity index (χ3v) is 6.15. The van der Waals surface area contributed by atoms with Gasteiger partial charge in [0.2, 0.25) is 5.96 Å². The van der Waals surface area contributed by atoms with Crippen LogP contribution in [0.3, 0.4) is 0 Å². The minimum absolute atomic E-state index is 0.0801. The highest BCUT2D eigenvalue weighted by Crippen LogP contribution is 2.30. The summed E-state index contributed by atoms with van der Waals surface area (Å²) in [4.78, 5) is 22.6. The monoisotopic (exact) mass is 389 g/mol. The molecular weight excluding hydrogens is 358 g/mol. The molecule has 0 radical (unpaired) electrons. The number of hydrogen-bond donors (Lipinski definition) is 0. The molecule has 1 amide bonds. The van der Waals surface area contributed by atoms with Crippen LogP contribution >= 0.6 is 0 Å². The Balaban J connectivity index is 1.68. The predicted molar refractivity (Wildman–Crippen MR) is 119 cm³/mol. The lowest BCUT2D eigenvalue weighted by Crippen LogP contribution is -2.48. The van der Waals surface area contributed by atoms with Gasteiger partial charge in [0.15, 0.2) is 0 Å². The summed E-state index contributed by atoms with van der Waals surface area (Å²) in [5.41, 5.74) is 4.42. The van der Waals surface area contributed by atoms with Crippen molar-refractivity contribution in [1.82, 2.24) is 4.90 Å². The fraction of sp³-hybridized carbons (Fsp3) is 0.440. The number of aryl methyl sites for hydroxylation is 2. The summed E-state index contributed by atoms with van der Waals surface area (Å²) in [7, 11) is 2.11. The maximum atomic E-state index is 13.5. The number of carbonyl (C=O) groups is 1. The fourth-order valence-electron chi connectivity index (χ4n) is 4.67. The summed E-state index contributed by atoms with van der Waals surface area (Å²) in [5, 5.41) is 0. The summed E-state index contributed by atoms with van der Waals surface area (Å²) in [5.74, 6) is 0.893. The second-order valence-electron chi connectivity index (χ2n) is 8.56. The molecular formula is C25H31N3O. The van der Waals surface area contributed by atoms with Crippen molar-refractivity contribution in [2.45, 2.75) is 64.5 Å². The largest absolute Gasteiger partial charge is 0.342 e. The van der Waals surface area contributed by atoms with Gasteiger partial charge in [0, 0.05) is 19.5 Å². The Morgan fingerprint density at radius 1 is 1.00 bits per heavy atom. The number of amides is 1. The maximum absolute atomic E-state index is 13.5. The summed E-state index contributed by atoms with van der Waals surface area (Å²) in [6.45, 7) is 4.17. The Hall–Kier alpha value is -2.62. The molecule has 29 heavy (non-hydrogen) atoms. The van der Waals surface area contributed by atoms with Crippen molar-refractivity contribution in [3.63, 3.8) is 0 Å². The van der Waals surface area contributed by atoms with Crippen molar-refractivity contribution in [2.75, 3.05) is 11.9 Å². The van der Waals surface area contributed by atoms with Crippen molar-refractivity contribution in [3.8, 4) is 0 Å². The van der Waals surface area contributed by atoms with Gasteiger partial charge < -0.3 is 4.90 Å². The SMILES string of the molecule is Cc1cc(C)cc(N2C(=O)C(Cc3ccccc3)N=C2N(C)C2CCCCC2)c1. The minimum atomic E-state index is -0.362. The summed E-state index contributed by atoms with van der Waals surface area (Å²) >= 11 is 0. The Kier molecular flexibility index (Phi) is 5.70. The van der Waals surface area contributed by atoms with Gasteiger partial charge in [-0.3, -0.25) is 4.79 Å². The van der Waals surface area contributed by atoms with E-state index < -0.39 is 0 Å². The van der Waals surface area contributed by atoms with Gasteiger partial charge in [-0.1, -0.05) is 55.7 Å². The van der Waals surface area contributed by atoms with E-state index in [9.17, 15) is 4.79 Å². The van der Waals surface area contributed by atoms with E-state index in [1.54, 1.807) is 0 Å². The van der Waals surface area contributed by atoms with Crippen molar-refractivity contribution in [1.29, 1.82) is 0 Å². The predicted octanol–water partition coefficient (Wildman–Crippen LogP) is 4.88. The number of hydrogen-bond acceptors (Lipinski definition) is 3. The standard InChI is InChI=1S/C25H31N3O/c1-18-14-19(2)16-22(15-18)28-24(29)23(17-20-10-6-4-7-11-20)26-25(28)27(3)21-12-8-5-9-13-21/h4,6-7,10-11,14-16,21,23H,5,8-9,12-13,17H2,1-3H3. The molecule has 1 unspecified atom stereocenters. The van der Waals surface area contributed by atoms with E-state index in [1.165, 1.54) is 43.2 Å². The molecule has 1 atom stereocenters. The first-order chi connectivity index (χ1) is 14.0. The molecule has 1 aliphatic heterocycles. The molecule has 152 valence electrons. The van der Waals surface area contributed by atoms with Crippen LogP contribution in [0.4, 0.5) is 5.69 Å². The van der Waals surface area contributed by atoms with E-state index in [-0.39, 0.29) is 11.9 Å². The summed E-state index contributed by atoms with van der Waals surface area (Å²) < 4.78 is 0. The molecule has 1 heterocycles. The molecule has 0 aromatic heterocycles. The Labute approximate surface area is 174 Å². The van der Waals surface area contributed by atoms with Gasteiger partial charge in [-0.25, -0.2) is 9.89 Å². The van der Waals surface area contributed by atoms with Gasteiger partial charge in [0.05, 0.1) is 5.69 Å². The average molecular weight is 390 g/mol. The van der Waals surface area contributed by atoms with Gasteiger partial charge in [-0.05, 0) is 55.5 Å². The number of benzene rings is 2. The number of carbonyl (C=O) groups excluding carboxylic acids is 1. The van der Waals surface area contributed by atoms with E-state index in [4.69, 9.17) is 4.99 Å². The molecule has 1 aliphatic carbocycles. The van der Waals surface area contributed by atoms with E-state index in [0.29, 0.717) is 12.5 Å². The zero-order valence-corrected chi connectivity index (χ0v) is 17.8. The van der Waals surface area contributed by atoms with E-state index in [2.05, 4.69) is 56.1 Å². The Morgan fingerprint density at radius 2 is 1.66 bits per heavy atom. The van der Waals surface area contributed by atoms with Crippen LogP contribution in [-0.2, 0) is 11.2 Å². The molecule has 0 bridgehead atoms. The highest BCUT2D eigenvalue weighted by Gasteiger charge is 2.39. The molecule has 2 aromatic carbocycles. The topological polar surface area (TPSA) is 35.9 Å². The first-order valence-electron chi connectivity index (χ1n) is 10.8. The number of nitrogens with zero attached hydrogens (tertiary/aromatic N) is 3. The van der Waals surface area contributed by atoms with Crippen LogP contribution in [0.25, 0.3) is 0 Å². The Morgan fingerprint density at radius 3 is 2.31 bits per heavy atom. The van der Waals surface area contributed by atoms with Crippen molar-refractivity contribution in [2.24, 2.45) is 4.99 Å². The third kappa shape index (κ3) is 4.21. The quantitative estimate of drug-likeness (QED) is 0.747. The van der Waals surface area contributed by atoms with Crippen LogP contribution in [0.15, 0.2) is 53.5 Å². The van der Waals surface area contributed by atoms with Gasteiger partial charge >= 0.3 is 0 Å². The lowest BCUT2D eigenvalue weighted by atomic mass is 9.94. The van der Waals surface area contributed by atoms with Crippen LogP contribution in [0, 0.1) is 13.8 Å². The number of anilines is 1. The third-order valence-electron chi connectivity index (χ3n) is 6.15. The fourth-order valence-corrected chi connectivity index (χ4v) is 4.67. The molecule has 2 aromatic rings. The molecule has 1 saturated carbocycles. The molecule has 4 heteroatoms. The van der Waals surface area contributed by atoms with Gasteiger partial charge in [0.1, 0.15) is 6.04 Å². The highest BCUT2D eigenvalue weighted by molar-refractivity contribution is 6.22. The van der Waals surface area contributed by atoms with Gasteiger partial charge in [0.25, 0.3) is 5.91 Å². The Bertz CT molecular complexity index is 879. The van der Waals surface area contributed by atoms with Crippen molar-refractivity contribution >= 4 is 17.6 Å². The first kappa shape index (κ1) is 19.7. The van der Waals surface area contributed by atoms with Crippen LogP contribution in [-0.4, -0.2) is 35.9 Å². The summed E-state index contributed by atoms with van der Waals surface area (Å²) in [6.07, 6.45) is 6.82. The van der Waals surface area contributed by atoms with Crippen LogP contribution in [0.2, 0.25) is 0 Å². The van der Waals surface area contributed by atoms with Crippen LogP contribution in [0.5, 0.6) is 0 Å². The second kappa shape index (κ2) is 8.40. The zero-order valence-electron chi connectivity index (χ0n) is 17.8. The normalized spacial score (nSPS) is 20.1. The maximum Gasteiger partial charge on any atom is 0.259 e. The van der Waals surface area contributed by atoms with Crippen molar-refractivity contribution in [3.05, 3.63) is 65.2 Å². The molecule has 4 rings (SSSR count). The number of aliphatic imine (C=N–C) groups is 1. The lowest BCUT2D eigenvalue weighted by molar-refractivity contribution is -0.118. The first-order valence-corrected chi connectivity index (χ1v) is 10.8. The minimum Gasteiger partial charge on any atom is -0.342 e. The second-order valence-corrected chi connectivity index (χ2v) is 8.56. The van der Waals surface area contributed by atoms with E-state index in [1.807, 2.05) is 23.1 Å². The number of rotatable bonds is 4. The van der Waals surface area contributed by atoms with Crippen molar-refractivity contribution < 1.29 is 4.79 Å². The van der Waals surface area contributed by atoms with E-state index in [0.717, 1.165) is 17.2 Å². The zero-order chi connectivity index (χ0) is 20.4. The molecule has 4 nitrogen and oxygen atoms in total. The average Bonchev–Trinajstić information content (AvgIpc) is 3.04. The molecule has 1 fully saturated rings. The molecule has 0 N–H and O–H groups in total. The van der Waals surface area contributed by atoms with Gasteiger partial charge in [-0.15, -0.1) is 0 Å². The number of guanidine groups is 1. The van der Waals surface area contributed by atoms with E-state index >= 15 is 0 Å². The lowest BCUT2D eigenvalue weighted by Gasteiger charge is -2.35. The highest BCUT2D eigenvalue weighted by atomic mass is 16.2. The van der Waals surface area contributed by atoms with Gasteiger partial charge in [-0.2, -0.15) is 0 Å².